The molecule has 21 N–H and O–H groups in total. The Morgan fingerprint density at radius 2 is 1.08 bits per heavy atom. The van der Waals surface area contributed by atoms with E-state index >= 15 is 24.0 Å². The molecule has 0 spiro atoms. The van der Waals surface area contributed by atoms with Crippen LogP contribution in [0.5, 0.6) is 69.0 Å². The fraction of sp³-hybridized carbons (Fsp3) is 0.398. The van der Waals surface area contributed by atoms with Crippen LogP contribution in [0.4, 0.5) is 0 Å². The molecule has 7 aliphatic heterocycles. The van der Waals surface area contributed by atoms with Crippen molar-refractivity contribution in [2.24, 2.45) is 11.8 Å². The van der Waals surface area contributed by atoms with E-state index < -0.39 is 255 Å². The number of unbranched alkanes of at least 4 members (excludes halogenated alkanes) is 5. The molecule has 37 heteroatoms. The zero-order valence-electron chi connectivity index (χ0n) is 64.5. The molecule has 18 atom stereocenters. The average Bonchev–Trinajstić information content (AvgIpc) is 0.673. The molecule has 35 nitrogen and oxygen atoms in total. The molecule has 120 heavy (non-hydrogen) atoms. The summed E-state index contributed by atoms with van der Waals surface area (Å²) in [4.78, 5) is 122. The number of carboxylic acid groups (broad SMARTS) is 1. The number of phenols is 4. The Kier molecular flexibility index (Phi) is 26.5. The van der Waals surface area contributed by atoms with E-state index in [1.807, 2.05) is 0 Å². The van der Waals surface area contributed by atoms with Crippen molar-refractivity contribution in [3.63, 3.8) is 0 Å². The number of carboxylic acids is 1. The number of hydrogen-bond donors (Lipinski definition) is 21. The number of hydrogen-bond acceptors (Lipinski definition) is 27. The maximum absolute atomic E-state index is 16.6. The first kappa shape index (κ1) is 86.5. The summed E-state index contributed by atoms with van der Waals surface area (Å²) in [6.07, 6.45) is -11.5. The van der Waals surface area contributed by atoms with E-state index in [0.717, 1.165) is 117 Å². The van der Waals surface area contributed by atoms with Gasteiger partial charge in [-0.2, -0.15) is 0 Å². The maximum atomic E-state index is 16.6. The van der Waals surface area contributed by atoms with Gasteiger partial charge in [-0.1, -0.05) is 99.8 Å². The largest absolute Gasteiger partial charge is 0.508 e. The van der Waals surface area contributed by atoms with Crippen LogP contribution in [0, 0.1) is 11.8 Å². The Balaban J connectivity index is 1.03. The number of aliphatic hydroxyl groups excluding tert-OH is 8. The van der Waals surface area contributed by atoms with Crippen molar-refractivity contribution in [3.05, 3.63) is 164 Å². The minimum absolute atomic E-state index is 0.0528. The first-order valence-electron chi connectivity index (χ1n) is 38.8. The van der Waals surface area contributed by atoms with Crippen LogP contribution in [0.15, 0.2) is 115 Å². The van der Waals surface area contributed by atoms with E-state index in [1.54, 1.807) is 0 Å². The van der Waals surface area contributed by atoms with Crippen molar-refractivity contribution in [3.8, 4) is 80.1 Å². The fourth-order valence-electron chi connectivity index (χ4n) is 15.4. The summed E-state index contributed by atoms with van der Waals surface area (Å²) in [5.74, 6) is -17.7. The number of nitrogens with one attached hydrogen (secondary N) is 8. The van der Waals surface area contributed by atoms with Crippen LogP contribution in [0.3, 0.4) is 0 Å². The normalized spacial score (nSPS) is 26.8. The van der Waals surface area contributed by atoms with Crippen molar-refractivity contribution in [1.82, 2.24) is 42.5 Å². The maximum Gasteiger partial charge on any atom is 0.330 e. The number of likely N-dealkylation sites (N-methyl/N-ethyl adjacent to an activating group) is 1. The van der Waals surface area contributed by atoms with Gasteiger partial charge in [-0.05, 0) is 138 Å². The quantitative estimate of drug-likeness (QED) is 0.0540. The number of ether oxygens (including phenoxy) is 6. The third-order valence-corrected chi connectivity index (χ3v) is 22.5. The van der Waals surface area contributed by atoms with Gasteiger partial charge in [0.15, 0.2) is 29.0 Å². The summed E-state index contributed by atoms with van der Waals surface area (Å²) in [6.45, 7) is 2.90. The topological polar surface area (TPSA) is 551 Å². The van der Waals surface area contributed by atoms with E-state index in [-0.39, 0.29) is 56.7 Å². The molecule has 1 saturated heterocycles. The molecule has 7 amide bonds. The number of amides is 7. The molecule has 0 radical (unpaired) electrons. The number of aliphatic hydroxyl groups is 8. The average molecular weight is 1700 g/mol. The lowest BCUT2D eigenvalue weighted by molar-refractivity contribution is -0.202. The summed E-state index contributed by atoms with van der Waals surface area (Å²) in [6, 6.07) is 3.95. The second-order valence-electron chi connectivity index (χ2n) is 30.7. The minimum atomic E-state index is -2.41. The predicted molar refractivity (Wildman–Crippen MR) is 421 cm³/mol. The minimum Gasteiger partial charge on any atom is -0.508 e. The molecule has 638 valence electrons. The van der Waals surface area contributed by atoms with Gasteiger partial charge in [0.25, 0.3) is 0 Å². The number of phenolic OH excluding ortho intramolecular Hbond substituents is 4. The fourth-order valence-corrected chi connectivity index (χ4v) is 15.9. The number of halogens is 2. The highest BCUT2D eigenvalue weighted by atomic mass is 35.5. The van der Waals surface area contributed by atoms with Crippen molar-refractivity contribution >= 4 is 70.5 Å². The van der Waals surface area contributed by atoms with E-state index in [4.69, 9.17) is 51.6 Å². The monoisotopic (exact) mass is 1700 g/mol. The molecule has 9 unspecified atom stereocenters. The second-order valence-corrected chi connectivity index (χ2v) is 31.5. The highest BCUT2D eigenvalue weighted by molar-refractivity contribution is 6.32. The number of benzene rings is 7. The highest BCUT2D eigenvalue weighted by Crippen LogP contribution is 2.51. The Morgan fingerprint density at radius 1 is 0.533 bits per heavy atom. The van der Waals surface area contributed by atoms with Crippen LogP contribution >= 0.6 is 23.2 Å². The summed E-state index contributed by atoms with van der Waals surface area (Å²) >= 11 is 14.4. The zero-order valence-corrected chi connectivity index (χ0v) is 66.0. The summed E-state index contributed by atoms with van der Waals surface area (Å²) in [5.41, 5.74) is -3.28. The SMILES string of the molecule is CN[C@H]1C(=O)N[C@H]2C(=O)N[C@H](C(=O)N[C@H]3C(=O)N[C@H]4C(=O)N[C@H](C(=O)N[C@H](C(=O)O)c5cc(O)cc(OC6CC(CO)C(O)C(O)C6O)c5-c5cc4ccc5O)[C@H](O)c4ccc(c(Cl)c4)Oc4cc3cc(c4OC3OCC(O)C(O)C3NC(=O)CCCCCCCCC(C)C)Oc3ccc(cc3Cl)[C@H]2O)c2cc(O)cc(c2)Oc2cc1ccc2O. The van der Waals surface area contributed by atoms with Gasteiger partial charge in [0.2, 0.25) is 53.4 Å². The lowest BCUT2D eigenvalue weighted by Crippen LogP contribution is -2.62. The van der Waals surface area contributed by atoms with Crippen LogP contribution in [0.25, 0.3) is 11.1 Å². The number of aliphatic carboxylic acids is 1. The highest BCUT2D eigenvalue weighted by Gasteiger charge is 2.48. The number of fused-ring (bicyclic) bond motifs is 14. The molecular weight excluding hydrogens is 1610 g/mol. The lowest BCUT2D eigenvalue weighted by atomic mass is 9.81. The molecule has 17 bridgehead atoms. The van der Waals surface area contributed by atoms with E-state index in [0.29, 0.717) is 18.8 Å². The molecule has 15 rings (SSSR count). The van der Waals surface area contributed by atoms with Crippen LogP contribution in [0.1, 0.15) is 153 Å². The summed E-state index contributed by atoms with van der Waals surface area (Å²) < 4.78 is 38.8. The zero-order chi connectivity index (χ0) is 86.0. The standard InChI is InChI=1S/C83H90Cl2N8O27/c1-34(2)10-8-6-4-5-7-9-11-59(100)87-68-72(104)51(99)33-115-83(68)120-75-57-26-40-27-58(75)118-53-19-15-38(24-48(53)85)70(102)67-81(112)91-65(82(113)114)46-30-43(96)31-55(119-56-28-41(32-94)71(103)74(106)73(56)105)60(46)45-22-35(12-16-49(45)97)62(77(108)93-67)88-79(110)64(40)89-78(109)63-39-20-42(95)29-44(21-39)116-54-25-36(13-17-50(54)98)61(86-3)76(107)92-66(80(111)90-63)69(101)37-14-18-52(117-57)47(84)23-37/h12-27,29-31,34,41,51,56,61-74,83,86,94-99,101-106H,4-11,28,32-33H2,1-3H3,(H,87,100)(H,88,110)(H,89,109)(H,90,111)(H,91,112)(H,92,107)(H,93,108)(H,113,114)/t41?,51?,56?,61-,62-,63+,64-,65+,66-,67+,68?,69-,70-,71?,72?,73?,74?,83?/m1/s1. The van der Waals surface area contributed by atoms with Gasteiger partial charge in [-0.15, -0.1) is 0 Å². The second kappa shape index (κ2) is 36.7. The van der Waals surface area contributed by atoms with Crippen molar-refractivity contribution < 1.29 is 133 Å². The number of carbonyl (C=O) groups excluding carboxylic acids is 7. The molecule has 0 aromatic heterocycles. The number of carbonyl (C=O) groups is 8. The van der Waals surface area contributed by atoms with Crippen LogP contribution in [-0.4, -0.2) is 195 Å². The van der Waals surface area contributed by atoms with Crippen LogP contribution in [0.2, 0.25) is 10.0 Å². The van der Waals surface area contributed by atoms with Gasteiger partial charge in [0.05, 0.1) is 22.8 Å². The summed E-state index contributed by atoms with van der Waals surface area (Å²) in [7, 11) is 1.38. The molecule has 7 heterocycles. The first-order valence-corrected chi connectivity index (χ1v) is 39.5. The molecule has 1 aliphatic carbocycles. The Morgan fingerprint density at radius 3 is 1.70 bits per heavy atom. The van der Waals surface area contributed by atoms with Crippen molar-refractivity contribution in [1.29, 1.82) is 0 Å². The van der Waals surface area contributed by atoms with Crippen molar-refractivity contribution in [2.45, 2.75) is 175 Å². The predicted octanol–water partition coefficient (Wildman–Crippen LogP) is 4.89. The van der Waals surface area contributed by atoms with Crippen LogP contribution < -0.4 is 66.2 Å². The Labute approximate surface area is 694 Å². The Bertz CT molecular complexity index is 5100. The van der Waals surface area contributed by atoms with E-state index in [1.165, 1.54) is 37.4 Å². The smallest absolute Gasteiger partial charge is 0.330 e. The van der Waals surface area contributed by atoms with Gasteiger partial charge in [0, 0.05) is 47.8 Å². The van der Waals surface area contributed by atoms with Gasteiger partial charge in [-0.3, -0.25) is 33.6 Å². The Hall–Kier alpha value is -11.3. The van der Waals surface area contributed by atoms with Gasteiger partial charge in [-0.25, -0.2) is 4.79 Å². The number of rotatable bonds is 17. The van der Waals surface area contributed by atoms with Gasteiger partial charge >= 0.3 is 5.97 Å². The lowest BCUT2D eigenvalue weighted by Gasteiger charge is -2.40. The molecular formula is C83H90Cl2N8O27. The molecule has 8 aliphatic rings. The third kappa shape index (κ3) is 18.7. The molecule has 2 fully saturated rings. The van der Waals surface area contributed by atoms with Crippen LogP contribution in [-0.2, 0) is 43.1 Å². The molecule has 1 saturated carbocycles. The van der Waals surface area contributed by atoms with Gasteiger partial charge in [0.1, 0.15) is 125 Å². The van der Waals surface area contributed by atoms with E-state index in [9.17, 15) is 80.8 Å². The third-order valence-electron chi connectivity index (χ3n) is 21.9. The van der Waals surface area contributed by atoms with E-state index in [2.05, 4.69) is 56.4 Å². The molecule has 7 aromatic carbocycles. The number of aromatic hydroxyl groups is 4. The molecule has 7 aromatic rings. The summed E-state index contributed by atoms with van der Waals surface area (Å²) in [5, 5.41) is 169. The van der Waals surface area contributed by atoms with Crippen molar-refractivity contribution in [2.75, 3.05) is 20.3 Å². The first-order chi connectivity index (χ1) is 57.2. The van der Waals surface area contributed by atoms with Gasteiger partial charge < -0.3 is 137 Å².